The average Bonchev–Trinajstić information content (AvgIpc) is 3.16. The lowest BCUT2D eigenvalue weighted by atomic mass is 9.91. The SMILES string of the molecule is CC1C(NC2CC2)c2cc(Br)ccc2S(=O)C1C. The third kappa shape index (κ3) is 2.19. The zero-order valence-corrected chi connectivity index (χ0v) is 13.1. The Hall–Kier alpha value is -0.190. The fraction of sp³-hybridized carbons (Fsp3) is 0.571. The van der Waals surface area contributed by atoms with E-state index in [1.165, 1.54) is 18.4 Å². The molecule has 1 saturated carbocycles. The van der Waals surface area contributed by atoms with Gasteiger partial charge in [-0.2, -0.15) is 0 Å². The van der Waals surface area contributed by atoms with Gasteiger partial charge in [-0.25, -0.2) is 0 Å². The minimum atomic E-state index is -0.874. The van der Waals surface area contributed by atoms with E-state index in [0.29, 0.717) is 18.0 Å². The highest BCUT2D eigenvalue weighted by molar-refractivity contribution is 9.10. The Morgan fingerprint density at radius 3 is 2.72 bits per heavy atom. The molecule has 1 aromatic rings. The molecule has 0 aromatic heterocycles. The lowest BCUT2D eigenvalue weighted by Crippen LogP contribution is -2.40. The van der Waals surface area contributed by atoms with Crippen LogP contribution >= 0.6 is 15.9 Å². The van der Waals surface area contributed by atoms with Gasteiger partial charge in [0, 0.05) is 26.7 Å². The molecule has 4 atom stereocenters. The standard InChI is InChI=1S/C14H18BrNOS/c1-8-9(2)18(17)13-6-3-10(15)7-12(13)14(8)16-11-4-5-11/h3,6-9,11,14,16H,4-5H2,1-2H3. The second kappa shape index (κ2) is 4.73. The summed E-state index contributed by atoms with van der Waals surface area (Å²) in [6, 6.07) is 7.16. The molecule has 0 amide bonds. The quantitative estimate of drug-likeness (QED) is 0.902. The molecule has 1 aliphatic carbocycles. The molecule has 4 unspecified atom stereocenters. The molecule has 1 heterocycles. The fourth-order valence-electron chi connectivity index (χ4n) is 2.64. The van der Waals surface area contributed by atoms with Crippen LogP contribution < -0.4 is 5.32 Å². The van der Waals surface area contributed by atoms with E-state index in [4.69, 9.17) is 0 Å². The van der Waals surface area contributed by atoms with Gasteiger partial charge in [0.15, 0.2) is 0 Å². The van der Waals surface area contributed by atoms with Crippen molar-refractivity contribution < 1.29 is 4.21 Å². The van der Waals surface area contributed by atoms with Crippen LogP contribution in [0.2, 0.25) is 0 Å². The molecule has 0 bridgehead atoms. The van der Waals surface area contributed by atoms with Crippen molar-refractivity contribution in [1.29, 1.82) is 0 Å². The molecule has 4 heteroatoms. The van der Waals surface area contributed by atoms with Gasteiger partial charge in [0.25, 0.3) is 0 Å². The van der Waals surface area contributed by atoms with E-state index in [9.17, 15) is 4.21 Å². The summed E-state index contributed by atoms with van der Waals surface area (Å²) >= 11 is 3.53. The highest BCUT2D eigenvalue weighted by Crippen LogP contribution is 2.40. The molecule has 1 N–H and O–H groups in total. The maximum atomic E-state index is 12.5. The van der Waals surface area contributed by atoms with Crippen LogP contribution in [0.5, 0.6) is 0 Å². The first kappa shape index (κ1) is 12.8. The van der Waals surface area contributed by atoms with Gasteiger partial charge in [-0.05, 0) is 42.5 Å². The van der Waals surface area contributed by atoms with Crippen molar-refractivity contribution in [3.05, 3.63) is 28.2 Å². The summed E-state index contributed by atoms with van der Waals surface area (Å²) in [7, 11) is -0.874. The molecule has 2 aliphatic rings. The Labute approximate surface area is 119 Å². The molecule has 1 fully saturated rings. The maximum absolute atomic E-state index is 12.5. The van der Waals surface area contributed by atoms with E-state index >= 15 is 0 Å². The van der Waals surface area contributed by atoms with Crippen LogP contribution in [0.4, 0.5) is 0 Å². The highest BCUT2D eigenvalue weighted by Gasteiger charge is 2.38. The monoisotopic (exact) mass is 327 g/mol. The van der Waals surface area contributed by atoms with Crippen molar-refractivity contribution in [2.45, 2.75) is 48.9 Å². The van der Waals surface area contributed by atoms with E-state index in [2.05, 4.69) is 41.2 Å². The van der Waals surface area contributed by atoms with Crippen molar-refractivity contribution in [1.82, 2.24) is 5.32 Å². The number of nitrogens with one attached hydrogen (secondary N) is 1. The average molecular weight is 328 g/mol. The van der Waals surface area contributed by atoms with E-state index in [1.54, 1.807) is 0 Å². The molecule has 18 heavy (non-hydrogen) atoms. The largest absolute Gasteiger partial charge is 0.307 e. The zero-order chi connectivity index (χ0) is 12.9. The van der Waals surface area contributed by atoms with Crippen molar-refractivity contribution in [2.24, 2.45) is 5.92 Å². The predicted octanol–water partition coefficient (Wildman–Crippen LogP) is 3.39. The third-order valence-electron chi connectivity index (χ3n) is 4.12. The van der Waals surface area contributed by atoms with E-state index in [1.807, 2.05) is 12.1 Å². The zero-order valence-electron chi connectivity index (χ0n) is 10.7. The number of fused-ring (bicyclic) bond motifs is 1. The minimum absolute atomic E-state index is 0.218. The highest BCUT2D eigenvalue weighted by atomic mass is 79.9. The lowest BCUT2D eigenvalue weighted by Gasteiger charge is -2.36. The Balaban J connectivity index is 2.04. The van der Waals surface area contributed by atoms with Crippen molar-refractivity contribution in [3.8, 4) is 0 Å². The summed E-state index contributed by atoms with van der Waals surface area (Å²) in [5, 5.41) is 3.94. The van der Waals surface area contributed by atoms with Crippen LogP contribution in [-0.2, 0) is 10.8 Å². The van der Waals surface area contributed by atoms with Crippen LogP contribution in [0.1, 0.15) is 38.3 Å². The van der Waals surface area contributed by atoms with E-state index < -0.39 is 10.8 Å². The number of halogens is 1. The van der Waals surface area contributed by atoms with Crippen LogP contribution in [0.15, 0.2) is 27.6 Å². The van der Waals surface area contributed by atoms with Crippen LogP contribution in [-0.4, -0.2) is 15.5 Å². The molecule has 0 radical (unpaired) electrons. The summed E-state index contributed by atoms with van der Waals surface area (Å²) in [5.74, 6) is 0.410. The van der Waals surface area contributed by atoms with Crippen LogP contribution in [0.25, 0.3) is 0 Å². The number of hydrogen-bond donors (Lipinski definition) is 1. The normalized spacial score (nSPS) is 35.3. The van der Waals surface area contributed by atoms with Gasteiger partial charge in [0.1, 0.15) is 0 Å². The molecule has 1 aliphatic heterocycles. The first-order valence-electron chi connectivity index (χ1n) is 6.54. The van der Waals surface area contributed by atoms with Gasteiger partial charge in [-0.1, -0.05) is 29.8 Å². The molecule has 1 aromatic carbocycles. The van der Waals surface area contributed by atoms with Gasteiger partial charge < -0.3 is 5.32 Å². The van der Waals surface area contributed by atoms with Gasteiger partial charge in [-0.3, -0.25) is 4.21 Å². The van der Waals surface area contributed by atoms with Crippen molar-refractivity contribution >= 4 is 26.7 Å². The Bertz CT molecular complexity index is 501. The number of hydrogen-bond acceptors (Lipinski definition) is 2. The second-order valence-electron chi connectivity index (χ2n) is 5.46. The van der Waals surface area contributed by atoms with Crippen molar-refractivity contribution in [2.75, 3.05) is 0 Å². The van der Waals surface area contributed by atoms with Crippen LogP contribution in [0, 0.1) is 5.92 Å². The molecular weight excluding hydrogens is 310 g/mol. The van der Waals surface area contributed by atoms with E-state index in [0.717, 1.165) is 9.37 Å². The number of rotatable bonds is 2. The van der Waals surface area contributed by atoms with Gasteiger partial charge >= 0.3 is 0 Å². The van der Waals surface area contributed by atoms with Gasteiger partial charge in [-0.15, -0.1) is 0 Å². The van der Waals surface area contributed by atoms with Gasteiger partial charge in [0.2, 0.25) is 0 Å². The molecule has 0 saturated heterocycles. The first-order valence-corrected chi connectivity index (χ1v) is 8.54. The second-order valence-corrected chi connectivity index (χ2v) is 8.16. The topological polar surface area (TPSA) is 29.1 Å². The summed E-state index contributed by atoms with van der Waals surface area (Å²) in [6.07, 6.45) is 2.56. The summed E-state index contributed by atoms with van der Waals surface area (Å²) in [4.78, 5) is 1.02. The third-order valence-corrected chi connectivity index (χ3v) is 6.52. The molecular formula is C14H18BrNOS. The number of benzene rings is 1. The Kier molecular flexibility index (Phi) is 3.37. The first-order chi connectivity index (χ1) is 8.58. The van der Waals surface area contributed by atoms with Crippen LogP contribution in [0.3, 0.4) is 0 Å². The molecule has 2 nitrogen and oxygen atoms in total. The maximum Gasteiger partial charge on any atom is 0.0564 e. The lowest BCUT2D eigenvalue weighted by molar-refractivity contribution is 0.363. The summed E-state index contributed by atoms with van der Waals surface area (Å²) < 4.78 is 13.5. The summed E-state index contributed by atoms with van der Waals surface area (Å²) in [6.45, 7) is 4.32. The smallest absolute Gasteiger partial charge is 0.0564 e. The predicted molar refractivity (Wildman–Crippen MR) is 78.1 cm³/mol. The molecule has 0 spiro atoms. The molecule has 3 rings (SSSR count). The summed E-state index contributed by atoms with van der Waals surface area (Å²) in [5.41, 5.74) is 1.22. The van der Waals surface area contributed by atoms with Crippen molar-refractivity contribution in [3.63, 3.8) is 0 Å². The Morgan fingerprint density at radius 1 is 1.33 bits per heavy atom. The van der Waals surface area contributed by atoms with E-state index in [-0.39, 0.29) is 5.25 Å². The fourth-order valence-corrected chi connectivity index (χ4v) is 4.59. The Morgan fingerprint density at radius 2 is 2.06 bits per heavy atom. The van der Waals surface area contributed by atoms with Gasteiger partial charge in [0.05, 0.1) is 10.8 Å². The molecule has 98 valence electrons. The minimum Gasteiger partial charge on any atom is -0.307 e.